The lowest BCUT2D eigenvalue weighted by atomic mass is 10.2. The first kappa shape index (κ1) is 11.7. The third kappa shape index (κ3) is 2.19. The van der Waals surface area contributed by atoms with Crippen LogP contribution in [0.25, 0.3) is 5.69 Å². The van der Waals surface area contributed by atoms with Crippen molar-refractivity contribution in [1.82, 2.24) is 15.0 Å². The molecule has 2 rings (SSSR count). The van der Waals surface area contributed by atoms with E-state index in [2.05, 4.69) is 26.2 Å². The molecule has 0 unspecified atom stereocenters. The standard InChI is InChI=1S/C10H7BrFN3O2/c1-5-2-6(11)7(12)3-9(5)15-4-8(10(16)17)13-14-15/h2-4H,1H3,(H,16,17). The average molecular weight is 300 g/mol. The van der Waals surface area contributed by atoms with E-state index in [4.69, 9.17) is 5.11 Å². The maximum absolute atomic E-state index is 13.4. The number of aromatic nitrogens is 3. The molecule has 2 aromatic rings. The van der Waals surface area contributed by atoms with Crippen LogP contribution >= 0.6 is 15.9 Å². The first-order chi connectivity index (χ1) is 7.99. The fraction of sp³-hybridized carbons (Fsp3) is 0.100. The van der Waals surface area contributed by atoms with Gasteiger partial charge < -0.3 is 5.11 Å². The van der Waals surface area contributed by atoms with Crippen molar-refractivity contribution in [2.45, 2.75) is 6.92 Å². The third-order valence-corrected chi connectivity index (χ3v) is 2.81. The molecule has 0 aliphatic rings. The minimum absolute atomic E-state index is 0.187. The molecule has 0 aliphatic heterocycles. The number of aryl methyl sites for hydroxylation is 1. The van der Waals surface area contributed by atoms with E-state index < -0.39 is 11.8 Å². The molecule has 1 aromatic heterocycles. The number of aromatic carboxylic acids is 1. The van der Waals surface area contributed by atoms with Gasteiger partial charge in [0.15, 0.2) is 5.69 Å². The van der Waals surface area contributed by atoms with Crippen LogP contribution in [0.4, 0.5) is 4.39 Å². The van der Waals surface area contributed by atoms with Crippen molar-refractivity contribution in [3.8, 4) is 5.69 Å². The number of carboxylic acids is 1. The quantitative estimate of drug-likeness (QED) is 0.923. The second-order valence-corrected chi connectivity index (χ2v) is 4.26. The summed E-state index contributed by atoms with van der Waals surface area (Å²) in [4.78, 5) is 10.7. The maximum atomic E-state index is 13.4. The number of rotatable bonds is 2. The highest BCUT2D eigenvalue weighted by molar-refractivity contribution is 9.10. The zero-order chi connectivity index (χ0) is 12.6. The topological polar surface area (TPSA) is 68.0 Å². The van der Waals surface area contributed by atoms with Crippen molar-refractivity contribution in [3.05, 3.63) is 39.9 Å². The third-order valence-electron chi connectivity index (χ3n) is 2.20. The van der Waals surface area contributed by atoms with Crippen LogP contribution in [0.3, 0.4) is 0 Å². The molecule has 0 radical (unpaired) electrons. The molecule has 1 N–H and O–H groups in total. The molecule has 0 atom stereocenters. The Hall–Kier alpha value is -1.76. The summed E-state index contributed by atoms with van der Waals surface area (Å²) in [6.07, 6.45) is 1.23. The fourth-order valence-electron chi connectivity index (χ4n) is 1.36. The number of benzene rings is 1. The lowest BCUT2D eigenvalue weighted by molar-refractivity contribution is 0.0690. The second-order valence-electron chi connectivity index (χ2n) is 3.41. The van der Waals surface area contributed by atoms with Gasteiger partial charge in [-0.1, -0.05) is 5.21 Å². The molecule has 5 nitrogen and oxygen atoms in total. The van der Waals surface area contributed by atoms with Crippen LogP contribution in [0.1, 0.15) is 16.1 Å². The fourth-order valence-corrected chi connectivity index (χ4v) is 1.82. The average Bonchev–Trinajstić information content (AvgIpc) is 2.72. The lowest BCUT2D eigenvalue weighted by Crippen LogP contribution is -1.99. The Kier molecular flexibility index (Phi) is 2.93. The number of hydrogen-bond donors (Lipinski definition) is 1. The zero-order valence-electron chi connectivity index (χ0n) is 8.69. The molecule has 17 heavy (non-hydrogen) atoms. The highest BCUT2D eigenvalue weighted by Gasteiger charge is 2.12. The molecule has 0 fully saturated rings. The van der Waals surface area contributed by atoms with Crippen molar-refractivity contribution >= 4 is 21.9 Å². The molecular formula is C10H7BrFN3O2. The van der Waals surface area contributed by atoms with E-state index in [0.717, 1.165) is 5.56 Å². The Morgan fingerprint density at radius 1 is 1.53 bits per heavy atom. The maximum Gasteiger partial charge on any atom is 0.358 e. The Labute approximate surface area is 104 Å². The van der Waals surface area contributed by atoms with Gasteiger partial charge >= 0.3 is 5.97 Å². The van der Waals surface area contributed by atoms with Crippen LogP contribution in [0.15, 0.2) is 22.8 Å². The predicted octanol–water partition coefficient (Wildman–Crippen LogP) is 2.18. The van der Waals surface area contributed by atoms with E-state index >= 15 is 0 Å². The normalized spacial score (nSPS) is 10.5. The Balaban J connectivity index is 2.52. The van der Waals surface area contributed by atoms with E-state index in [-0.39, 0.29) is 5.69 Å². The SMILES string of the molecule is Cc1cc(Br)c(F)cc1-n1cc(C(=O)O)nn1. The molecule has 0 aliphatic carbocycles. The van der Waals surface area contributed by atoms with Crippen LogP contribution in [0.5, 0.6) is 0 Å². The van der Waals surface area contributed by atoms with Gasteiger partial charge in [-0.05, 0) is 34.5 Å². The smallest absolute Gasteiger partial charge is 0.358 e. The summed E-state index contributed by atoms with van der Waals surface area (Å²) >= 11 is 3.07. The van der Waals surface area contributed by atoms with Crippen molar-refractivity contribution < 1.29 is 14.3 Å². The van der Waals surface area contributed by atoms with Gasteiger partial charge in [0.2, 0.25) is 0 Å². The van der Waals surface area contributed by atoms with E-state index in [9.17, 15) is 9.18 Å². The van der Waals surface area contributed by atoms with Crippen LogP contribution < -0.4 is 0 Å². The summed E-state index contributed by atoms with van der Waals surface area (Å²) < 4.78 is 15.0. The Morgan fingerprint density at radius 2 is 2.24 bits per heavy atom. The van der Waals surface area contributed by atoms with E-state index in [1.807, 2.05) is 0 Å². The highest BCUT2D eigenvalue weighted by Crippen LogP contribution is 2.22. The Morgan fingerprint density at radius 3 is 2.82 bits per heavy atom. The predicted molar refractivity (Wildman–Crippen MR) is 60.7 cm³/mol. The molecular weight excluding hydrogens is 293 g/mol. The summed E-state index contributed by atoms with van der Waals surface area (Å²) in [5.74, 6) is -1.62. The summed E-state index contributed by atoms with van der Waals surface area (Å²) in [5, 5.41) is 15.8. The molecule has 88 valence electrons. The van der Waals surface area contributed by atoms with Crippen molar-refractivity contribution in [2.75, 3.05) is 0 Å². The van der Waals surface area contributed by atoms with Gasteiger partial charge in [-0.3, -0.25) is 0 Å². The second kappa shape index (κ2) is 4.25. The molecule has 0 saturated carbocycles. The van der Waals surface area contributed by atoms with Crippen LogP contribution in [-0.2, 0) is 0 Å². The monoisotopic (exact) mass is 299 g/mol. The van der Waals surface area contributed by atoms with E-state index in [1.165, 1.54) is 16.9 Å². The van der Waals surface area contributed by atoms with Crippen LogP contribution in [0.2, 0.25) is 0 Å². The largest absolute Gasteiger partial charge is 0.476 e. The van der Waals surface area contributed by atoms with Crippen LogP contribution in [-0.4, -0.2) is 26.1 Å². The highest BCUT2D eigenvalue weighted by atomic mass is 79.9. The van der Waals surface area contributed by atoms with Gasteiger partial charge in [0.1, 0.15) is 5.82 Å². The number of nitrogens with zero attached hydrogens (tertiary/aromatic N) is 3. The lowest BCUT2D eigenvalue weighted by Gasteiger charge is -2.05. The van der Waals surface area contributed by atoms with E-state index in [1.54, 1.807) is 13.0 Å². The van der Waals surface area contributed by atoms with Crippen molar-refractivity contribution in [1.29, 1.82) is 0 Å². The van der Waals surface area contributed by atoms with Crippen LogP contribution in [0, 0.1) is 12.7 Å². The number of halogens is 2. The van der Waals surface area contributed by atoms with Crippen molar-refractivity contribution in [2.24, 2.45) is 0 Å². The van der Waals surface area contributed by atoms with Gasteiger partial charge in [0.05, 0.1) is 16.4 Å². The first-order valence-corrected chi connectivity index (χ1v) is 5.40. The van der Waals surface area contributed by atoms with E-state index in [0.29, 0.717) is 10.2 Å². The van der Waals surface area contributed by atoms with Crippen molar-refractivity contribution in [3.63, 3.8) is 0 Å². The number of carbonyl (C=O) groups is 1. The molecule has 0 amide bonds. The first-order valence-electron chi connectivity index (χ1n) is 4.60. The molecule has 7 heteroatoms. The number of carboxylic acid groups (broad SMARTS) is 1. The minimum atomic E-state index is -1.17. The summed E-state index contributed by atoms with van der Waals surface area (Å²) in [6, 6.07) is 2.85. The summed E-state index contributed by atoms with van der Waals surface area (Å²) in [7, 11) is 0. The van der Waals surface area contributed by atoms with Gasteiger partial charge in [-0.15, -0.1) is 5.10 Å². The van der Waals surface area contributed by atoms with Gasteiger partial charge in [-0.2, -0.15) is 0 Å². The Bertz CT molecular complexity index is 597. The molecule has 1 aromatic carbocycles. The molecule has 1 heterocycles. The molecule has 0 spiro atoms. The summed E-state index contributed by atoms with van der Waals surface area (Å²) in [5.41, 5.74) is 1.01. The molecule has 0 saturated heterocycles. The zero-order valence-corrected chi connectivity index (χ0v) is 10.3. The van der Waals surface area contributed by atoms with Gasteiger partial charge in [0, 0.05) is 6.07 Å². The van der Waals surface area contributed by atoms with Gasteiger partial charge in [-0.25, -0.2) is 13.9 Å². The summed E-state index contributed by atoms with van der Waals surface area (Å²) in [6.45, 7) is 1.77. The minimum Gasteiger partial charge on any atom is -0.476 e. The molecule has 0 bridgehead atoms. The number of hydrogen-bond acceptors (Lipinski definition) is 3. The van der Waals surface area contributed by atoms with Gasteiger partial charge in [0.25, 0.3) is 0 Å².